The van der Waals surface area contributed by atoms with Crippen molar-refractivity contribution in [1.29, 1.82) is 0 Å². The lowest BCUT2D eigenvalue weighted by molar-refractivity contribution is 0.949. The van der Waals surface area contributed by atoms with Gasteiger partial charge in [-0.3, -0.25) is 4.79 Å². The number of H-pyrrole nitrogens is 1. The summed E-state index contributed by atoms with van der Waals surface area (Å²) in [6, 6.07) is 22.2. The third-order valence-corrected chi connectivity index (χ3v) is 4.78. The van der Waals surface area contributed by atoms with Crippen molar-refractivity contribution in [1.82, 2.24) is 9.97 Å². The van der Waals surface area contributed by atoms with Crippen molar-refractivity contribution in [2.24, 2.45) is 0 Å². The van der Waals surface area contributed by atoms with E-state index >= 15 is 0 Å². The van der Waals surface area contributed by atoms with Crippen LogP contribution in [0.5, 0.6) is 0 Å². The second-order valence-electron chi connectivity index (χ2n) is 6.70. The van der Waals surface area contributed by atoms with E-state index in [1.54, 1.807) is 12.3 Å². The first-order valence-electron chi connectivity index (χ1n) is 9.07. The quantitative estimate of drug-likeness (QED) is 0.435. The molecule has 0 spiro atoms. The molecule has 4 rings (SSSR count). The molecule has 2 aromatic heterocycles. The molecule has 2 N–H and O–H groups in total. The zero-order valence-corrected chi connectivity index (χ0v) is 17.6. The van der Waals surface area contributed by atoms with Crippen molar-refractivity contribution >= 4 is 47.2 Å². The van der Waals surface area contributed by atoms with Gasteiger partial charge < -0.3 is 10.3 Å². The summed E-state index contributed by atoms with van der Waals surface area (Å²) in [7, 11) is 0. The molecule has 4 aromatic rings. The lowest BCUT2D eigenvalue weighted by Gasteiger charge is -2.11. The van der Waals surface area contributed by atoms with E-state index in [2.05, 4.69) is 70.7 Å². The fourth-order valence-corrected chi connectivity index (χ4v) is 3.30. The molecule has 0 aliphatic carbocycles. The summed E-state index contributed by atoms with van der Waals surface area (Å²) < 4.78 is 0. The fraction of sp³-hybridized carbons (Fsp3) is 0.130. The molecule has 0 radical (unpaired) electrons. The molecule has 0 aliphatic heterocycles. The number of fused-ring (bicyclic) bond motifs is 1. The van der Waals surface area contributed by atoms with E-state index in [9.17, 15) is 4.79 Å². The lowest BCUT2D eigenvalue weighted by Crippen LogP contribution is -2.04. The molecular formula is C23H23Cl2N3O. The molecule has 0 fully saturated rings. The van der Waals surface area contributed by atoms with Crippen molar-refractivity contribution in [3.05, 3.63) is 100.0 Å². The van der Waals surface area contributed by atoms with Crippen LogP contribution in [0, 0.1) is 6.92 Å². The van der Waals surface area contributed by atoms with Gasteiger partial charge in [-0.25, -0.2) is 4.98 Å². The average molecular weight is 428 g/mol. The SMILES string of the molecule is Cc1ccccc1CCc1cccc(Nc2ccnc3[nH]c(=O)ccc23)c1.Cl.Cl. The Morgan fingerprint density at radius 3 is 2.59 bits per heavy atom. The zero-order chi connectivity index (χ0) is 18.6. The van der Waals surface area contributed by atoms with E-state index in [1.165, 1.54) is 22.8 Å². The highest BCUT2D eigenvalue weighted by molar-refractivity contribution is 5.90. The van der Waals surface area contributed by atoms with Crippen molar-refractivity contribution < 1.29 is 0 Å². The van der Waals surface area contributed by atoms with Crippen LogP contribution in [0.2, 0.25) is 0 Å². The standard InChI is InChI=1S/C23H21N3O.2ClH/c1-16-5-2-3-7-18(16)10-9-17-6-4-8-19(15-17)25-21-13-14-24-23-20(21)11-12-22(27)26-23;;/h2-8,11-15H,9-10H2,1H3,(H2,24,25,26,27);2*1H. The number of aromatic amines is 1. The summed E-state index contributed by atoms with van der Waals surface area (Å²) in [6.45, 7) is 2.16. The van der Waals surface area contributed by atoms with Crippen LogP contribution >= 0.6 is 24.8 Å². The molecule has 0 saturated heterocycles. The van der Waals surface area contributed by atoms with Gasteiger partial charge in [-0.05, 0) is 60.7 Å². The highest BCUT2D eigenvalue weighted by Crippen LogP contribution is 2.24. The van der Waals surface area contributed by atoms with Gasteiger partial charge in [0.2, 0.25) is 5.56 Å². The molecule has 0 aliphatic rings. The Kier molecular flexibility index (Phi) is 7.82. The third-order valence-electron chi connectivity index (χ3n) is 4.78. The number of hydrogen-bond acceptors (Lipinski definition) is 3. The van der Waals surface area contributed by atoms with Gasteiger partial charge >= 0.3 is 0 Å². The van der Waals surface area contributed by atoms with E-state index in [-0.39, 0.29) is 30.4 Å². The highest BCUT2D eigenvalue weighted by atomic mass is 35.5. The van der Waals surface area contributed by atoms with Gasteiger partial charge in [0.15, 0.2) is 0 Å². The topological polar surface area (TPSA) is 57.8 Å². The first-order valence-corrected chi connectivity index (χ1v) is 9.07. The van der Waals surface area contributed by atoms with Gasteiger partial charge in [0.25, 0.3) is 0 Å². The first-order chi connectivity index (χ1) is 13.2. The molecular weight excluding hydrogens is 405 g/mol. The number of benzene rings is 2. The number of pyridine rings is 2. The van der Waals surface area contributed by atoms with E-state index < -0.39 is 0 Å². The molecule has 0 bridgehead atoms. The smallest absolute Gasteiger partial charge is 0.249 e. The van der Waals surface area contributed by atoms with Crippen LogP contribution in [0.1, 0.15) is 16.7 Å². The minimum absolute atomic E-state index is 0. The Balaban J connectivity index is 0.00000150. The van der Waals surface area contributed by atoms with Crippen LogP contribution in [0.3, 0.4) is 0 Å². The summed E-state index contributed by atoms with van der Waals surface area (Å²) in [5, 5.41) is 4.35. The van der Waals surface area contributed by atoms with Crippen LogP contribution in [0.25, 0.3) is 11.0 Å². The van der Waals surface area contributed by atoms with Crippen LogP contribution in [0.4, 0.5) is 11.4 Å². The van der Waals surface area contributed by atoms with Crippen LogP contribution in [-0.4, -0.2) is 9.97 Å². The summed E-state index contributed by atoms with van der Waals surface area (Å²) in [4.78, 5) is 18.5. The van der Waals surface area contributed by atoms with E-state index in [4.69, 9.17) is 0 Å². The molecule has 0 unspecified atom stereocenters. The van der Waals surface area contributed by atoms with Crippen molar-refractivity contribution in [2.45, 2.75) is 19.8 Å². The minimum atomic E-state index is -0.148. The number of rotatable bonds is 5. The Morgan fingerprint density at radius 2 is 1.76 bits per heavy atom. The maximum Gasteiger partial charge on any atom is 0.249 e. The summed E-state index contributed by atoms with van der Waals surface area (Å²) in [5.74, 6) is 0. The van der Waals surface area contributed by atoms with E-state index in [0.29, 0.717) is 5.65 Å². The predicted octanol–water partition coefficient (Wildman–Crippen LogP) is 5.60. The van der Waals surface area contributed by atoms with Gasteiger partial charge in [-0.1, -0.05) is 36.4 Å². The third kappa shape index (κ3) is 5.37. The molecule has 150 valence electrons. The molecule has 4 nitrogen and oxygen atoms in total. The Hall–Kier alpha value is -2.82. The molecule has 29 heavy (non-hydrogen) atoms. The number of aromatic nitrogens is 2. The van der Waals surface area contributed by atoms with Crippen LogP contribution in [-0.2, 0) is 12.8 Å². The molecule has 0 atom stereocenters. The van der Waals surface area contributed by atoms with Gasteiger partial charge in [-0.15, -0.1) is 24.8 Å². The monoisotopic (exact) mass is 427 g/mol. The number of halogens is 2. The lowest BCUT2D eigenvalue weighted by atomic mass is 10.0. The maximum atomic E-state index is 11.5. The van der Waals surface area contributed by atoms with Crippen molar-refractivity contribution in [3.8, 4) is 0 Å². The number of anilines is 2. The molecule has 6 heteroatoms. The summed E-state index contributed by atoms with van der Waals surface area (Å²) >= 11 is 0. The molecule has 2 aromatic carbocycles. The second kappa shape index (κ2) is 10.1. The number of nitrogens with one attached hydrogen (secondary N) is 2. The molecule has 0 saturated carbocycles. The van der Waals surface area contributed by atoms with Crippen LogP contribution < -0.4 is 10.9 Å². The highest BCUT2D eigenvalue weighted by Gasteiger charge is 2.05. The Labute approximate surface area is 182 Å². The summed E-state index contributed by atoms with van der Waals surface area (Å²) in [6.07, 6.45) is 3.71. The second-order valence-corrected chi connectivity index (χ2v) is 6.70. The Bertz CT molecular complexity index is 1160. The number of nitrogens with zero attached hydrogens (tertiary/aromatic N) is 1. The normalized spacial score (nSPS) is 10.1. The van der Waals surface area contributed by atoms with E-state index in [0.717, 1.165) is 29.6 Å². The predicted molar refractivity (Wildman–Crippen MR) is 125 cm³/mol. The average Bonchev–Trinajstić information content (AvgIpc) is 2.68. The van der Waals surface area contributed by atoms with Gasteiger partial charge in [0.1, 0.15) is 5.65 Å². The first kappa shape index (κ1) is 22.5. The van der Waals surface area contributed by atoms with Crippen molar-refractivity contribution in [3.63, 3.8) is 0 Å². The van der Waals surface area contributed by atoms with E-state index in [1.807, 2.05) is 6.07 Å². The Morgan fingerprint density at radius 1 is 0.931 bits per heavy atom. The summed E-state index contributed by atoms with van der Waals surface area (Å²) in [5.41, 5.74) is 6.40. The number of aryl methyl sites for hydroxylation is 3. The largest absolute Gasteiger partial charge is 0.355 e. The number of hydrogen-bond donors (Lipinski definition) is 2. The molecule has 2 heterocycles. The van der Waals surface area contributed by atoms with Crippen LogP contribution in [0.15, 0.2) is 77.7 Å². The van der Waals surface area contributed by atoms with Crippen molar-refractivity contribution in [2.75, 3.05) is 5.32 Å². The maximum absolute atomic E-state index is 11.5. The van der Waals surface area contributed by atoms with Gasteiger partial charge in [0, 0.05) is 23.3 Å². The minimum Gasteiger partial charge on any atom is -0.355 e. The van der Waals surface area contributed by atoms with Gasteiger partial charge in [-0.2, -0.15) is 0 Å². The van der Waals surface area contributed by atoms with Gasteiger partial charge in [0.05, 0.1) is 5.69 Å². The zero-order valence-electron chi connectivity index (χ0n) is 16.0. The fourth-order valence-electron chi connectivity index (χ4n) is 3.30. The molecule has 0 amide bonds.